The van der Waals surface area contributed by atoms with E-state index in [1.165, 1.54) is 12.1 Å². The van der Waals surface area contributed by atoms with Crippen molar-refractivity contribution in [1.29, 1.82) is 0 Å². The van der Waals surface area contributed by atoms with Crippen molar-refractivity contribution in [2.75, 3.05) is 0 Å². The Morgan fingerprint density at radius 2 is 1.80 bits per heavy atom. The van der Waals surface area contributed by atoms with Gasteiger partial charge in [0.05, 0.1) is 6.04 Å². The van der Waals surface area contributed by atoms with E-state index in [-0.39, 0.29) is 5.56 Å². The summed E-state index contributed by atoms with van der Waals surface area (Å²) in [5, 5.41) is 0. The molecule has 4 heteroatoms. The number of hydrogen-bond acceptors (Lipinski definition) is 1. The maximum Gasteiger partial charge on any atom is 0.132 e. The van der Waals surface area contributed by atoms with Crippen molar-refractivity contribution in [3.63, 3.8) is 0 Å². The molecular formula is C11H12BrF2N. The summed E-state index contributed by atoms with van der Waals surface area (Å²) in [7, 11) is 0. The van der Waals surface area contributed by atoms with Crippen LogP contribution in [-0.4, -0.2) is 0 Å². The molecule has 82 valence electrons. The Hall–Kier alpha value is -0.740. The van der Waals surface area contributed by atoms with Gasteiger partial charge in [0.2, 0.25) is 0 Å². The van der Waals surface area contributed by atoms with Crippen molar-refractivity contribution >= 4 is 15.9 Å². The molecule has 0 aliphatic rings. The van der Waals surface area contributed by atoms with E-state index in [4.69, 9.17) is 5.73 Å². The third kappa shape index (κ3) is 3.11. The fraction of sp³-hybridized carbons (Fsp3) is 0.273. The monoisotopic (exact) mass is 275 g/mol. The van der Waals surface area contributed by atoms with E-state index in [1.54, 1.807) is 6.08 Å². The molecule has 15 heavy (non-hydrogen) atoms. The van der Waals surface area contributed by atoms with Crippen LogP contribution in [-0.2, 0) is 0 Å². The third-order valence-corrected chi connectivity index (χ3v) is 2.35. The van der Waals surface area contributed by atoms with Crippen molar-refractivity contribution in [2.24, 2.45) is 5.73 Å². The second-order valence-electron chi connectivity index (χ2n) is 3.55. The zero-order valence-corrected chi connectivity index (χ0v) is 10.1. The summed E-state index contributed by atoms with van der Waals surface area (Å²) in [6, 6.07) is 1.66. The lowest BCUT2D eigenvalue weighted by Crippen LogP contribution is -2.12. The molecular weight excluding hydrogens is 264 g/mol. The van der Waals surface area contributed by atoms with Crippen LogP contribution in [0.25, 0.3) is 0 Å². The van der Waals surface area contributed by atoms with Gasteiger partial charge in [-0.05, 0) is 26.0 Å². The van der Waals surface area contributed by atoms with Crippen LogP contribution in [0.4, 0.5) is 8.78 Å². The Labute approximate surface area is 96.1 Å². The third-order valence-electron chi connectivity index (χ3n) is 1.89. The van der Waals surface area contributed by atoms with Crippen molar-refractivity contribution in [3.05, 3.63) is 45.5 Å². The summed E-state index contributed by atoms with van der Waals surface area (Å²) in [4.78, 5) is 0. The van der Waals surface area contributed by atoms with E-state index in [1.807, 2.05) is 13.8 Å². The SMILES string of the molecule is CC(C)=CC(N)c1c(F)cc(Br)cc1F. The number of halogens is 3. The molecule has 1 atom stereocenters. The Morgan fingerprint density at radius 1 is 1.33 bits per heavy atom. The first kappa shape index (κ1) is 12.3. The maximum atomic E-state index is 13.4. The lowest BCUT2D eigenvalue weighted by Gasteiger charge is -2.11. The van der Waals surface area contributed by atoms with Gasteiger partial charge in [-0.1, -0.05) is 27.6 Å². The minimum Gasteiger partial charge on any atom is -0.321 e. The molecule has 0 aromatic heterocycles. The molecule has 1 nitrogen and oxygen atoms in total. The molecule has 0 saturated carbocycles. The molecule has 1 unspecified atom stereocenters. The van der Waals surface area contributed by atoms with E-state index in [0.717, 1.165) is 5.57 Å². The van der Waals surface area contributed by atoms with Crippen LogP contribution in [0.3, 0.4) is 0 Å². The second kappa shape index (κ2) is 4.86. The Kier molecular flexibility index (Phi) is 3.99. The molecule has 0 saturated heterocycles. The average molecular weight is 276 g/mol. The molecule has 1 rings (SSSR count). The fourth-order valence-electron chi connectivity index (χ4n) is 1.31. The summed E-state index contributed by atoms with van der Waals surface area (Å²) < 4.78 is 27.2. The van der Waals surface area contributed by atoms with Gasteiger partial charge in [0.1, 0.15) is 11.6 Å². The summed E-state index contributed by atoms with van der Waals surface area (Å²) in [5.41, 5.74) is 6.50. The molecule has 0 bridgehead atoms. The zero-order valence-electron chi connectivity index (χ0n) is 8.52. The molecule has 0 heterocycles. The largest absolute Gasteiger partial charge is 0.321 e. The molecule has 2 N–H and O–H groups in total. The van der Waals surface area contributed by atoms with Gasteiger partial charge in [-0.25, -0.2) is 8.78 Å². The van der Waals surface area contributed by atoms with Gasteiger partial charge in [0, 0.05) is 10.0 Å². The number of nitrogens with two attached hydrogens (primary N) is 1. The van der Waals surface area contributed by atoms with Gasteiger partial charge in [0.15, 0.2) is 0 Å². The van der Waals surface area contributed by atoms with Gasteiger partial charge < -0.3 is 5.73 Å². The Bertz CT molecular complexity index is 375. The highest BCUT2D eigenvalue weighted by molar-refractivity contribution is 9.10. The fourth-order valence-corrected chi connectivity index (χ4v) is 1.72. The Morgan fingerprint density at radius 3 is 2.20 bits per heavy atom. The predicted octanol–water partition coefficient (Wildman–Crippen LogP) is 3.69. The van der Waals surface area contributed by atoms with E-state index >= 15 is 0 Å². The first-order valence-corrected chi connectivity index (χ1v) is 5.26. The molecule has 0 fully saturated rings. The molecule has 0 radical (unpaired) electrons. The van der Waals surface area contributed by atoms with E-state index in [2.05, 4.69) is 15.9 Å². The first-order valence-electron chi connectivity index (χ1n) is 4.47. The predicted molar refractivity (Wildman–Crippen MR) is 60.4 cm³/mol. The summed E-state index contributed by atoms with van der Waals surface area (Å²) >= 11 is 3.01. The van der Waals surface area contributed by atoms with E-state index < -0.39 is 17.7 Å². The van der Waals surface area contributed by atoms with Crippen LogP contribution in [0.2, 0.25) is 0 Å². The number of benzene rings is 1. The highest BCUT2D eigenvalue weighted by atomic mass is 79.9. The molecule has 0 amide bonds. The quantitative estimate of drug-likeness (QED) is 0.819. The average Bonchev–Trinajstić information content (AvgIpc) is 1.99. The number of rotatable bonds is 2. The summed E-state index contributed by atoms with van der Waals surface area (Å²) in [5.74, 6) is -1.27. The van der Waals surface area contributed by atoms with Crippen molar-refractivity contribution in [2.45, 2.75) is 19.9 Å². The van der Waals surface area contributed by atoms with Crippen molar-refractivity contribution in [3.8, 4) is 0 Å². The van der Waals surface area contributed by atoms with Crippen molar-refractivity contribution in [1.82, 2.24) is 0 Å². The van der Waals surface area contributed by atoms with Crippen LogP contribution in [0.1, 0.15) is 25.5 Å². The van der Waals surface area contributed by atoms with E-state index in [9.17, 15) is 8.78 Å². The minimum atomic E-state index is -0.747. The van der Waals surface area contributed by atoms with Gasteiger partial charge in [0.25, 0.3) is 0 Å². The standard InChI is InChI=1S/C11H12BrF2N/c1-6(2)3-10(15)11-8(13)4-7(12)5-9(11)14/h3-5,10H,15H2,1-2H3. The Balaban J connectivity index is 3.20. The molecule has 1 aromatic rings. The number of allylic oxidation sites excluding steroid dienone is 1. The lowest BCUT2D eigenvalue weighted by molar-refractivity contribution is 0.544. The van der Waals surface area contributed by atoms with Gasteiger partial charge in [-0.2, -0.15) is 0 Å². The highest BCUT2D eigenvalue weighted by Crippen LogP contribution is 2.24. The minimum absolute atomic E-state index is 0.0978. The maximum absolute atomic E-state index is 13.4. The van der Waals surface area contributed by atoms with Gasteiger partial charge in [-0.3, -0.25) is 0 Å². The molecule has 1 aromatic carbocycles. The molecule has 0 aliphatic carbocycles. The second-order valence-corrected chi connectivity index (χ2v) is 4.47. The summed E-state index contributed by atoms with van der Waals surface area (Å²) in [6.07, 6.45) is 1.62. The van der Waals surface area contributed by atoms with Crippen molar-refractivity contribution < 1.29 is 8.78 Å². The zero-order chi connectivity index (χ0) is 11.6. The van der Waals surface area contributed by atoms with Crippen LogP contribution >= 0.6 is 15.9 Å². The lowest BCUT2D eigenvalue weighted by atomic mass is 10.0. The highest BCUT2D eigenvalue weighted by Gasteiger charge is 2.15. The van der Waals surface area contributed by atoms with Gasteiger partial charge >= 0.3 is 0 Å². The first-order chi connectivity index (χ1) is 6.91. The van der Waals surface area contributed by atoms with Crippen LogP contribution in [0.5, 0.6) is 0 Å². The molecule has 0 spiro atoms. The normalized spacial score (nSPS) is 12.4. The number of hydrogen-bond donors (Lipinski definition) is 1. The van der Waals surface area contributed by atoms with Crippen LogP contribution < -0.4 is 5.73 Å². The van der Waals surface area contributed by atoms with E-state index in [0.29, 0.717) is 4.47 Å². The smallest absolute Gasteiger partial charge is 0.132 e. The topological polar surface area (TPSA) is 26.0 Å². The molecule has 0 aliphatic heterocycles. The van der Waals surface area contributed by atoms with Crippen LogP contribution in [0, 0.1) is 11.6 Å². The van der Waals surface area contributed by atoms with Crippen LogP contribution in [0.15, 0.2) is 28.3 Å². The van der Waals surface area contributed by atoms with Gasteiger partial charge in [-0.15, -0.1) is 0 Å². The summed E-state index contributed by atoms with van der Waals surface area (Å²) in [6.45, 7) is 3.66.